The van der Waals surface area contributed by atoms with Crippen molar-refractivity contribution in [3.05, 3.63) is 29.7 Å². The number of benzene rings is 1. The average Bonchev–Trinajstić information content (AvgIpc) is 2.73. The van der Waals surface area contributed by atoms with Crippen LogP contribution in [0, 0.1) is 6.92 Å². The number of esters is 1. The second-order valence-electron chi connectivity index (χ2n) is 4.73. The summed E-state index contributed by atoms with van der Waals surface area (Å²) < 4.78 is 10.6. The minimum Gasteiger partial charge on any atom is -0.460 e. The Balaban J connectivity index is 1.92. The molecule has 1 aromatic carbocycles. The number of hydrogen-bond donors (Lipinski definition) is 1. The third kappa shape index (κ3) is 3.79. The number of carbonyl (C=O) groups excluding carboxylic acids is 1. The van der Waals surface area contributed by atoms with Crippen molar-refractivity contribution >= 4 is 17.1 Å². The Labute approximate surface area is 112 Å². The van der Waals surface area contributed by atoms with Crippen LogP contribution < -0.4 is 5.32 Å². The maximum Gasteiger partial charge on any atom is 0.320 e. The molecule has 102 valence electrons. The Morgan fingerprint density at radius 2 is 2.26 bits per heavy atom. The topological polar surface area (TPSA) is 64.4 Å². The lowest BCUT2D eigenvalue weighted by atomic mass is 10.2. The number of aromatic nitrogens is 1. The van der Waals surface area contributed by atoms with Gasteiger partial charge in [-0.1, -0.05) is 19.9 Å². The van der Waals surface area contributed by atoms with Crippen LogP contribution >= 0.6 is 0 Å². The largest absolute Gasteiger partial charge is 0.460 e. The highest BCUT2D eigenvalue weighted by Gasteiger charge is 2.06. The molecule has 0 aliphatic heterocycles. The fourth-order valence-corrected chi connectivity index (χ4v) is 1.68. The molecular formula is C14H18N2O3. The standard InChI is InChI=1S/C14H18N2O3/c1-9(2)15-7-14(17)18-8-11-4-5-13-12(6-11)16-10(3)19-13/h4-6,9,15H,7-8H2,1-3H3. The van der Waals surface area contributed by atoms with E-state index in [1.165, 1.54) is 0 Å². The van der Waals surface area contributed by atoms with Gasteiger partial charge in [0.15, 0.2) is 11.5 Å². The SMILES string of the molecule is Cc1nc2cc(COC(=O)CNC(C)C)ccc2o1. The minimum atomic E-state index is -0.259. The fourth-order valence-electron chi connectivity index (χ4n) is 1.68. The lowest BCUT2D eigenvalue weighted by Crippen LogP contribution is -2.30. The van der Waals surface area contributed by atoms with E-state index in [4.69, 9.17) is 9.15 Å². The number of hydrogen-bond acceptors (Lipinski definition) is 5. The van der Waals surface area contributed by atoms with Crippen LogP contribution in [-0.2, 0) is 16.1 Å². The summed E-state index contributed by atoms with van der Waals surface area (Å²) in [6.07, 6.45) is 0. The first kappa shape index (κ1) is 13.5. The first-order valence-electron chi connectivity index (χ1n) is 6.29. The Bertz CT molecular complexity index is 575. The van der Waals surface area contributed by atoms with Crippen molar-refractivity contribution in [2.24, 2.45) is 0 Å². The van der Waals surface area contributed by atoms with Gasteiger partial charge in [0.05, 0.1) is 6.54 Å². The van der Waals surface area contributed by atoms with Crippen molar-refractivity contribution in [3.8, 4) is 0 Å². The monoisotopic (exact) mass is 262 g/mol. The van der Waals surface area contributed by atoms with Crippen molar-refractivity contribution in [2.45, 2.75) is 33.4 Å². The van der Waals surface area contributed by atoms with Crippen LogP contribution in [0.15, 0.2) is 22.6 Å². The molecule has 5 heteroatoms. The van der Waals surface area contributed by atoms with Gasteiger partial charge >= 0.3 is 5.97 Å². The van der Waals surface area contributed by atoms with Crippen molar-refractivity contribution < 1.29 is 13.9 Å². The van der Waals surface area contributed by atoms with Gasteiger partial charge in [0, 0.05) is 13.0 Å². The predicted molar refractivity (Wildman–Crippen MR) is 71.7 cm³/mol. The van der Waals surface area contributed by atoms with E-state index < -0.39 is 0 Å². The number of fused-ring (bicyclic) bond motifs is 1. The minimum absolute atomic E-state index is 0.225. The first-order chi connectivity index (χ1) is 9.04. The number of ether oxygens (including phenoxy) is 1. The molecule has 0 spiro atoms. The summed E-state index contributed by atoms with van der Waals surface area (Å²) in [5.41, 5.74) is 2.43. The van der Waals surface area contributed by atoms with Gasteiger partial charge < -0.3 is 14.5 Å². The lowest BCUT2D eigenvalue weighted by molar-refractivity contribution is -0.143. The number of rotatable bonds is 5. The quantitative estimate of drug-likeness (QED) is 0.837. The zero-order chi connectivity index (χ0) is 13.8. The molecule has 1 heterocycles. The van der Waals surface area contributed by atoms with Gasteiger partial charge in [0.25, 0.3) is 0 Å². The van der Waals surface area contributed by atoms with Gasteiger partial charge in [-0.3, -0.25) is 4.79 Å². The van der Waals surface area contributed by atoms with Crippen LogP contribution in [0.5, 0.6) is 0 Å². The molecular weight excluding hydrogens is 244 g/mol. The van der Waals surface area contributed by atoms with Crippen LogP contribution in [0.3, 0.4) is 0 Å². The highest BCUT2D eigenvalue weighted by Crippen LogP contribution is 2.17. The van der Waals surface area contributed by atoms with E-state index in [2.05, 4.69) is 10.3 Å². The number of nitrogens with one attached hydrogen (secondary N) is 1. The molecule has 1 N–H and O–H groups in total. The van der Waals surface area contributed by atoms with Crippen molar-refractivity contribution in [1.82, 2.24) is 10.3 Å². The van der Waals surface area contributed by atoms with E-state index in [-0.39, 0.29) is 25.2 Å². The zero-order valence-corrected chi connectivity index (χ0v) is 11.4. The van der Waals surface area contributed by atoms with E-state index in [0.717, 1.165) is 16.7 Å². The van der Waals surface area contributed by atoms with Gasteiger partial charge in [-0.25, -0.2) is 4.98 Å². The normalized spacial score (nSPS) is 11.2. The molecule has 0 aliphatic carbocycles. The van der Waals surface area contributed by atoms with Crippen LogP contribution in [-0.4, -0.2) is 23.5 Å². The van der Waals surface area contributed by atoms with Crippen molar-refractivity contribution in [1.29, 1.82) is 0 Å². The summed E-state index contributed by atoms with van der Waals surface area (Å²) in [6.45, 7) is 6.24. The van der Waals surface area contributed by atoms with Gasteiger partial charge in [-0.05, 0) is 17.7 Å². The molecule has 2 aromatic rings. The van der Waals surface area contributed by atoms with Gasteiger partial charge in [-0.15, -0.1) is 0 Å². The lowest BCUT2D eigenvalue weighted by Gasteiger charge is -2.08. The number of carbonyl (C=O) groups is 1. The van der Waals surface area contributed by atoms with Crippen LogP contribution in [0.2, 0.25) is 0 Å². The number of aryl methyl sites for hydroxylation is 1. The molecule has 0 aliphatic rings. The van der Waals surface area contributed by atoms with Crippen LogP contribution in [0.4, 0.5) is 0 Å². The maximum absolute atomic E-state index is 11.5. The third-order valence-electron chi connectivity index (χ3n) is 2.61. The average molecular weight is 262 g/mol. The van der Waals surface area contributed by atoms with Crippen LogP contribution in [0.1, 0.15) is 25.3 Å². The second kappa shape index (κ2) is 5.84. The van der Waals surface area contributed by atoms with E-state index >= 15 is 0 Å². The zero-order valence-electron chi connectivity index (χ0n) is 11.4. The van der Waals surface area contributed by atoms with Gasteiger partial charge in [0.2, 0.25) is 0 Å². The van der Waals surface area contributed by atoms with E-state index in [1.807, 2.05) is 32.0 Å². The van der Waals surface area contributed by atoms with Crippen molar-refractivity contribution in [3.63, 3.8) is 0 Å². The first-order valence-corrected chi connectivity index (χ1v) is 6.29. The molecule has 0 atom stereocenters. The molecule has 2 rings (SSSR count). The maximum atomic E-state index is 11.5. The van der Waals surface area contributed by atoms with Gasteiger partial charge in [-0.2, -0.15) is 0 Å². The Hall–Kier alpha value is -1.88. The number of oxazole rings is 1. The molecule has 0 fully saturated rings. The van der Waals surface area contributed by atoms with Crippen LogP contribution in [0.25, 0.3) is 11.1 Å². The second-order valence-corrected chi connectivity index (χ2v) is 4.73. The molecule has 0 saturated heterocycles. The summed E-state index contributed by atoms with van der Waals surface area (Å²) >= 11 is 0. The molecule has 5 nitrogen and oxygen atoms in total. The molecule has 19 heavy (non-hydrogen) atoms. The molecule has 0 unspecified atom stereocenters. The summed E-state index contributed by atoms with van der Waals surface area (Å²) in [5, 5.41) is 3.01. The van der Waals surface area contributed by atoms with E-state index in [1.54, 1.807) is 6.92 Å². The molecule has 0 radical (unpaired) electrons. The molecule has 0 amide bonds. The van der Waals surface area contributed by atoms with Gasteiger partial charge in [0.1, 0.15) is 12.1 Å². The van der Waals surface area contributed by atoms with E-state index in [0.29, 0.717) is 5.89 Å². The Morgan fingerprint density at radius 3 is 3.00 bits per heavy atom. The summed E-state index contributed by atoms with van der Waals surface area (Å²) in [6, 6.07) is 5.85. The Morgan fingerprint density at radius 1 is 1.47 bits per heavy atom. The fraction of sp³-hybridized carbons (Fsp3) is 0.429. The highest BCUT2D eigenvalue weighted by atomic mass is 16.5. The Kier molecular flexibility index (Phi) is 4.16. The predicted octanol–water partition coefficient (Wildman–Crippen LogP) is 2.18. The highest BCUT2D eigenvalue weighted by molar-refractivity contribution is 5.74. The smallest absolute Gasteiger partial charge is 0.320 e. The van der Waals surface area contributed by atoms with E-state index in [9.17, 15) is 4.79 Å². The van der Waals surface area contributed by atoms with Crippen molar-refractivity contribution in [2.75, 3.05) is 6.54 Å². The summed E-state index contributed by atoms with van der Waals surface area (Å²) in [4.78, 5) is 15.7. The number of nitrogens with zero attached hydrogens (tertiary/aromatic N) is 1. The third-order valence-corrected chi connectivity index (χ3v) is 2.61. The molecule has 1 aromatic heterocycles. The summed E-state index contributed by atoms with van der Waals surface area (Å²) in [5.74, 6) is 0.371. The molecule has 0 bridgehead atoms. The molecule has 0 saturated carbocycles. The summed E-state index contributed by atoms with van der Waals surface area (Å²) in [7, 11) is 0.